The van der Waals surface area contributed by atoms with E-state index >= 15 is 0 Å². The van der Waals surface area contributed by atoms with E-state index in [1.807, 2.05) is 28.9 Å². The second kappa shape index (κ2) is 5.08. The number of nitrogens with zero attached hydrogens (tertiary/aromatic N) is 1. The van der Waals surface area contributed by atoms with Crippen LogP contribution in [0.1, 0.15) is 29.8 Å². The molecule has 3 unspecified atom stereocenters. The highest BCUT2D eigenvalue weighted by molar-refractivity contribution is 8.07. The molecule has 5 heteroatoms. The van der Waals surface area contributed by atoms with E-state index in [1.54, 1.807) is 11.3 Å². The van der Waals surface area contributed by atoms with Crippen LogP contribution in [0.5, 0.6) is 0 Å². The second-order valence-corrected chi connectivity index (χ2v) is 7.59. The quantitative estimate of drug-likeness (QED) is 0.887. The molecule has 0 aliphatic carbocycles. The number of aromatic nitrogens is 1. The third kappa shape index (κ3) is 2.70. The van der Waals surface area contributed by atoms with Gasteiger partial charge in [0.1, 0.15) is 5.01 Å². The van der Waals surface area contributed by atoms with Gasteiger partial charge in [0.15, 0.2) is 0 Å². The molecule has 1 fully saturated rings. The molecule has 1 aliphatic heterocycles. The van der Waals surface area contributed by atoms with Crippen LogP contribution in [-0.4, -0.2) is 26.3 Å². The summed E-state index contributed by atoms with van der Waals surface area (Å²) in [5.41, 5.74) is 0.812. The number of hydrogen-bond donors (Lipinski definition) is 1. The molecular formula is C10H15NOS3. The number of hydrogen-bond acceptors (Lipinski definition) is 5. The summed E-state index contributed by atoms with van der Waals surface area (Å²) in [5.74, 6) is 1.15. The van der Waals surface area contributed by atoms with E-state index in [1.165, 1.54) is 5.01 Å². The number of thiazole rings is 1. The van der Waals surface area contributed by atoms with E-state index in [0.717, 1.165) is 16.7 Å². The number of aliphatic hydroxyl groups is 1. The summed E-state index contributed by atoms with van der Waals surface area (Å²) in [6.45, 7) is 4.64. The molecule has 3 atom stereocenters. The molecule has 0 radical (unpaired) electrons. The van der Waals surface area contributed by atoms with Gasteiger partial charge in [-0.1, -0.05) is 13.8 Å². The lowest BCUT2D eigenvalue weighted by Crippen LogP contribution is -2.21. The minimum atomic E-state index is 0.0625. The molecule has 15 heavy (non-hydrogen) atoms. The van der Waals surface area contributed by atoms with Gasteiger partial charge in [-0.3, -0.25) is 0 Å². The predicted octanol–water partition coefficient (Wildman–Crippen LogP) is 2.93. The standard InChI is InChI=1S/C10H15NOS3/c1-6-7(2)15-9(5-13-6)10-11-8(3-12)4-14-10/h4,6-7,9,12H,3,5H2,1-2H3. The maximum Gasteiger partial charge on any atom is 0.107 e. The molecule has 0 saturated carbocycles. The van der Waals surface area contributed by atoms with Crippen molar-refractivity contribution in [3.63, 3.8) is 0 Å². The van der Waals surface area contributed by atoms with Crippen molar-refractivity contribution in [3.8, 4) is 0 Å². The van der Waals surface area contributed by atoms with Gasteiger partial charge in [0, 0.05) is 21.6 Å². The number of aliphatic hydroxyl groups excluding tert-OH is 1. The Labute approximate surface area is 103 Å². The van der Waals surface area contributed by atoms with Crippen LogP contribution in [0.3, 0.4) is 0 Å². The fraction of sp³-hybridized carbons (Fsp3) is 0.700. The van der Waals surface area contributed by atoms with Crippen molar-refractivity contribution >= 4 is 34.9 Å². The summed E-state index contributed by atoms with van der Waals surface area (Å²) in [7, 11) is 0. The first kappa shape index (κ1) is 11.8. The first-order valence-corrected chi connectivity index (χ1v) is 7.90. The van der Waals surface area contributed by atoms with Crippen molar-refractivity contribution < 1.29 is 5.11 Å². The van der Waals surface area contributed by atoms with Crippen LogP contribution in [0.4, 0.5) is 0 Å². The van der Waals surface area contributed by atoms with Gasteiger partial charge < -0.3 is 5.11 Å². The van der Waals surface area contributed by atoms with Gasteiger partial charge in [0.25, 0.3) is 0 Å². The van der Waals surface area contributed by atoms with E-state index in [9.17, 15) is 0 Å². The van der Waals surface area contributed by atoms with Crippen LogP contribution < -0.4 is 0 Å². The van der Waals surface area contributed by atoms with Crippen molar-refractivity contribution in [1.82, 2.24) is 4.98 Å². The summed E-state index contributed by atoms with van der Waals surface area (Å²) >= 11 is 5.72. The Morgan fingerprint density at radius 3 is 2.87 bits per heavy atom. The topological polar surface area (TPSA) is 33.1 Å². The highest BCUT2D eigenvalue weighted by Crippen LogP contribution is 2.44. The zero-order chi connectivity index (χ0) is 10.8. The van der Waals surface area contributed by atoms with Crippen LogP contribution in [0.2, 0.25) is 0 Å². The lowest BCUT2D eigenvalue weighted by atomic mass is 10.4. The Kier molecular flexibility index (Phi) is 3.98. The molecule has 1 aromatic rings. The number of thioether (sulfide) groups is 2. The normalized spacial score (nSPS) is 31.8. The van der Waals surface area contributed by atoms with Crippen LogP contribution in [0.25, 0.3) is 0 Å². The van der Waals surface area contributed by atoms with E-state index < -0.39 is 0 Å². The highest BCUT2D eigenvalue weighted by atomic mass is 32.2. The van der Waals surface area contributed by atoms with Crippen molar-refractivity contribution in [3.05, 3.63) is 16.1 Å². The van der Waals surface area contributed by atoms with Crippen molar-refractivity contribution in [2.75, 3.05) is 5.75 Å². The summed E-state index contributed by atoms with van der Waals surface area (Å²) in [6.07, 6.45) is 0. The van der Waals surface area contributed by atoms with Crippen LogP contribution in [0, 0.1) is 0 Å². The zero-order valence-electron chi connectivity index (χ0n) is 8.84. The largest absolute Gasteiger partial charge is 0.390 e. The summed E-state index contributed by atoms with van der Waals surface area (Å²) in [6, 6.07) is 0. The molecule has 0 amide bonds. The van der Waals surface area contributed by atoms with E-state index in [2.05, 4.69) is 18.8 Å². The van der Waals surface area contributed by atoms with E-state index in [-0.39, 0.29) is 6.61 Å². The molecule has 0 aromatic carbocycles. The van der Waals surface area contributed by atoms with Gasteiger partial charge in [0.2, 0.25) is 0 Å². The Bertz CT molecular complexity index is 328. The fourth-order valence-corrected chi connectivity index (χ4v) is 5.48. The highest BCUT2D eigenvalue weighted by Gasteiger charge is 2.28. The first-order valence-electron chi connectivity index (χ1n) is 5.03. The first-order chi connectivity index (χ1) is 7.20. The molecule has 1 aliphatic rings. The molecule has 84 valence electrons. The van der Waals surface area contributed by atoms with E-state index in [4.69, 9.17) is 5.11 Å². The summed E-state index contributed by atoms with van der Waals surface area (Å²) in [4.78, 5) is 4.45. The molecule has 2 rings (SSSR count). The van der Waals surface area contributed by atoms with Gasteiger partial charge in [-0.15, -0.1) is 23.1 Å². The minimum Gasteiger partial charge on any atom is -0.390 e. The lowest BCUT2D eigenvalue weighted by molar-refractivity contribution is 0.277. The molecule has 2 nitrogen and oxygen atoms in total. The Morgan fingerprint density at radius 1 is 1.47 bits per heavy atom. The monoisotopic (exact) mass is 261 g/mol. The van der Waals surface area contributed by atoms with Gasteiger partial charge in [-0.05, 0) is 0 Å². The summed E-state index contributed by atoms with van der Waals surface area (Å²) < 4.78 is 0. The maximum atomic E-state index is 8.98. The molecule has 1 aromatic heterocycles. The van der Waals surface area contributed by atoms with Crippen molar-refractivity contribution in [2.45, 2.75) is 36.2 Å². The Morgan fingerprint density at radius 2 is 2.27 bits per heavy atom. The average Bonchev–Trinajstić information content (AvgIpc) is 2.70. The number of rotatable bonds is 2. The SMILES string of the molecule is CC1SCC(c2nc(CO)cs2)SC1C. The zero-order valence-corrected chi connectivity index (χ0v) is 11.3. The molecule has 0 spiro atoms. The van der Waals surface area contributed by atoms with Crippen molar-refractivity contribution in [2.24, 2.45) is 0 Å². The minimum absolute atomic E-state index is 0.0625. The Balaban J connectivity index is 2.05. The predicted molar refractivity (Wildman–Crippen MR) is 69.8 cm³/mol. The molecule has 1 N–H and O–H groups in total. The second-order valence-electron chi connectivity index (χ2n) is 3.70. The summed E-state index contributed by atoms with van der Waals surface area (Å²) in [5, 5.41) is 14.1. The van der Waals surface area contributed by atoms with Crippen LogP contribution in [0.15, 0.2) is 5.38 Å². The van der Waals surface area contributed by atoms with Gasteiger partial charge in [-0.25, -0.2) is 4.98 Å². The fourth-order valence-electron chi connectivity index (χ4n) is 1.46. The van der Waals surface area contributed by atoms with Crippen LogP contribution in [-0.2, 0) is 6.61 Å². The van der Waals surface area contributed by atoms with Gasteiger partial charge in [-0.2, -0.15) is 11.8 Å². The Hall–Kier alpha value is 0.290. The smallest absolute Gasteiger partial charge is 0.107 e. The molecular weight excluding hydrogens is 246 g/mol. The van der Waals surface area contributed by atoms with Crippen molar-refractivity contribution in [1.29, 1.82) is 0 Å². The lowest BCUT2D eigenvalue weighted by Gasteiger charge is -2.30. The molecule has 0 bridgehead atoms. The maximum absolute atomic E-state index is 8.98. The third-order valence-electron chi connectivity index (χ3n) is 2.56. The molecule has 1 saturated heterocycles. The van der Waals surface area contributed by atoms with Gasteiger partial charge in [0.05, 0.1) is 17.6 Å². The van der Waals surface area contributed by atoms with E-state index in [0.29, 0.717) is 10.5 Å². The third-order valence-corrected chi connectivity index (χ3v) is 7.11. The van der Waals surface area contributed by atoms with Crippen LogP contribution >= 0.6 is 34.9 Å². The van der Waals surface area contributed by atoms with Gasteiger partial charge >= 0.3 is 0 Å². The molecule has 2 heterocycles. The average molecular weight is 261 g/mol.